The minimum Gasteiger partial charge on any atom is -0.326 e. The standard InChI is InChI=1S/C12H18N2O3S/c1-8-4-5-10(7-13)6-11(8)14-12(15)9(2)18(3,16)17/h4-6,9H,7,13H2,1-3H3,(H,14,15). The number of carbonyl (C=O) groups excluding carboxylic acids is 1. The van der Waals surface area contributed by atoms with E-state index < -0.39 is 21.0 Å². The summed E-state index contributed by atoms with van der Waals surface area (Å²) in [6, 6.07) is 5.45. The van der Waals surface area contributed by atoms with Gasteiger partial charge in [0.1, 0.15) is 5.25 Å². The number of amides is 1. The fourth-order valence-corrected chi connectivity index (χ4v) is 1.81. The molecule has 1 aromatic rings. The molecule has 0 saturated carbocycles. The van der Waals surface area contributed by atoms with Gasteiger partial charge in [0.05, 0.1) is 0 Å². The van der Waals surface area contributed by atoms with Crippen molar-refractivity contribution in [2.75, 3.05) is 11.6 Å². The third kappa shape index (κ3) is 3.54. The fourth-order valence-electron chi connectivity index (χ4n) is 1.36. The number of rotatable bonds is 4. The summed E-state index contributed by atoms with van der Waals surface area (Å²) in [6.07, 6.45) is 1.04. The third-order valence-corrected chi connectivity index (χ3v) is 4.31. The SMILES string of the molecule is Cc1ccc(CN)cc1NC(=O)C(C)S(C)(=O)=O. The summed E-state index contributed by atoms with van der Waals surface area (Å²) in [5.41, 5.74) is 7.86. The van der Waals surface area contributed by atoms with Crippen molar-refractivity contribution in [2.24, 2.45) is 5.73 Å². The molecule has 0 saturated heterocycles. The van der Waals surface area contributed by atoms with Gasteiger partial charge in [0.15, 0.2) is 9.84 Å². The van der Waals surface area contributed by atoms with Crippen molar-refractivity contribution in [1.82, 2.24) is 0 Å². The molecule has 1 amide bonds. The van der Waals surface area contributed by atoms with Crippen LogP contribution in [0.4, 0.5) is 5.69 Å². The van der Waals surface area contributed by atoms with Crippen molar-refractivity contribution < 1.29 is 13.2 Å². The molecule has 0 aliphatic carbocycles. The molecule has 5 nitrogen and oxygen atoms in total. The predicted octanol–water partition coefficient (Wildman–Crippen LogP) is 0.825. The fraction of sp³-hybridized carbons (Fsp3) is 0.417. The first kappa shape index (κ1) is 14.7. The number of hydrogen-bond donors (Lipinski definition) is 2. The molecular weight excluding hydrogens is 252 g/mol. The van der Waals surface area contributed by atoms with E-state index in [0.29, 0.717) is 12.2 Å². The van der Waals surface area contributed by atoms with Crippen LogP contribution in [0, 0.1) is 6.92 Å². The Morgan fingerprint density at radius 3 is 2.56 bits per heavy atom. The number of sulfone groups is 1. The molecule has 0 spiro atoms. The monoisotopic (exact) mass is 270 g/mol. The Morgan fingerprint density at radius 1 is 1.44 bits per heavy atom. The summed E-state index contributed by atoms with van der Waals surface area (Å²) in [5, 5.41) is 1.55. The summed E-state index contributed by atoms with van der Waals surface area (Å²) < 4.78 is 22.6. The van der Waals surface area contributed by atoms with Crippen LogP contribution in [0.25, 0.3) is 0 Å². The molecule has 0 aliphatic heterocycles. The van der Waals surface area contributed by atoms with Gasteiger partial charge in [0, 0.05) is 18.5 Å². The van der Waals surface area contributed by atoms with E-state index in [1.54, 1.807) is 6.07 Å². The van der Waals surface area contributed by atoms with Crippen molar-refractivity contribution in [3.63, 3.8) is 0 Å². The molecule has 100 valence electrons. The summed E-state index contributed by atoms with van der Waals surface area (Å²) in [6.45, 7) is 3.57. The highest BCUT2D eigenvalue weighted by Crippen LogP contribution is 2.17. The van der Waals surface area contributed by atoms with Crippen LogP contribution in [0.15, 0.2) is 18.2 Å². The predicted molar refractivity (Wildman–Crippen MR) is 72.0 cm³/mol. The van der Waals surface area contributed by atoms with Crippen molar-refractivity contribution in [1.29, 1.82) is 0 Å². The van der Waals surface area contributed by atoms with E-state index in [1.165, 1.54) is 6.92 Å². The second-order valence-corrected chi connectivity index (χ2v) is 6.68. The van der Waals surface area contributed by atoms with Gasteiger partial charge < -0.3 is 11.1 Å². The molecule has 3 N–H and O–H groups in total. The normalized spacial score (nSPS) is 13.1. The van der Waals surface area contributed by atoms with Crippen molar-refractivity contribution >= 4 is 21.4 Å². The van der Waals surface area contributed by atoms with Crippen LogP contribution in [0.5, 0.6) is 0 Å². The van der Waals surface area contributed by atoms with Crippen LogP contribution in [0.1, 0.15) is 18.1 Å². The Labute approximate surface area is 107 Å². The number of nitrogens with one attached hydrogen (secondary N) is 1. The Bertz CT molecular complexity index is 552. The lowest BCUT2D eigenvalue weighted by molar-refractivity contribution is -0.115. The van der Waals surface area contributed by atoms with Crippen molar-refractivity contribution in [3.05, 3.63) is 29.3 Å². The largest absolute Gasteiger partial charge is 0.326 e. The lowest BCUT2D eigenvalue weighted by Gasteiger charge is -2.13. The average molecular weight is 270 g/mol. The van der Waals surface area contributed by atoms with Gasteiger partial charge in [-0.15, -0.1) is 0 Å². The molecule has 18 heavy (non-hydrogen) atoms. The molecule has 1 rings (SSSR count). The summed E-state index contributed by atoms with van der Waals surface area (Å²) in [4.78, 5) is 11.8. The maximum Gasteiger partial charge on any atom is 0.242 e. The van der Waals surface area contributed by atoms with E-state index in [-0.39, 0.29) is 0 Å². The second kappa shape index (κ2) is 5.49. The molecule has 0 aliphatic rings. The molecule has 1 unspecified atom stereocenters. The van der Waals surface area contributed by atoms with Gasteiger partial charge >= 0.3 is 0 Å². The molecule has 0 bridgehead atoms. The van der Waals surface area contributed by atoms with Gasteiger partial charge in [0.2, 0.25) is 5.91 Å². The Kier molecular flexibility index (Phi) is 4.48. The highest BCUT2D eigenvalue weighted by molar-refractivity contribution is 7.92. The molecular formula is C12H18N2O3S. The smallest absolute Gasteiger partial charge is 0.242 e. The van der Waals surface area contributed by atoms with E-state index in [1.807, 2.05) is 19.1 Å². The highest BCUT2D eigenvalue weighted by atomic mass is 32.2. The lowest BCUT2D eigenvalue weighted by atomic mass is 10.1. The minimum atomic E-state index is -3.39. The first-order valence-electron chi connectivity index (χ1n) is 5.55. The zero-order valence-electron chi connectivity index (χ0n) is 10.7. The van der Waals surface area contributed by atoms with Crippen LogP contribution in [-0.4, -0.2) is 25.8 Å². The topological polar surface area (TPSA) is 89.3 Å². The average Bonchev–Trinajstić information content (AvgIpc) is 2.29. The quantitative estimate of drug-likeness (QED) is 0.848. The Morgan fingerprint density at radius 2 is 2.06 bits per heavy atom. The third-order valence-electron chi connectivity index (χ3n) is 2.81. The van der Waals surface area contributed by atoms with Crippen molar-refractivity contribution in [2.45, 2.75) is 25.6 Å². The molecule has 0 radical (unpaired) electrons. The zero-order chi connectivity index (χ0) is 13.9. The van der Waals surface area contributed by atoms with Crippen LogP contribution in [0.2, 0.25) is 0 Å². The van der Waals surface area contributed by atoms with Crippen LogP contribution >= 0.6 is 0 Å². The second-order valence-electron chi connectivity index (χ2n) is 4.31. The maximum absolute atomic E-state index is 11.8. The van der Waals surface area contributed by atoms with E-state index in [2.05, 4.69) is 5.32 Å². The van der Waals surface area contributed by atoms with Gasteiger partial charge in [-0.2, -0.15) is 0 Å². The Hall–Kier alpha value is -1.40. The van der Waals surface area contributed by atoms with Gasteiger partial charge in [0.25, 0.3) is 0 Å². The van der Waals surface area contributed by atoms with E-state index >= 15 is 0 Å². The number of nitrogens with two attached hydrogens (primary N) is 1. The molecule has 0 heterocycles. The van der Waals surface area contributed by atoms with Crippen LogP contribution in [0.3, 0.4) is 0 Å². The molecule has 0 fully saturated rings. The van der Waals surface area contributed by atoms with Crippen LogP contribution in [-0.2, 0) is 21.2 Å². The molecule has 6 heteroatoms. The van der Waals surface area contributed by atoms with E-state index in [9.17, 15) is 13.2 Å². The molecule has 1 atom stereocenters. The van der Waals surface area contributed by atoms with Gasteiger partial charge in [-0.3, -0.25) is 4.79 Å². The first-order valence-corrected chi connectivity index (χ1v) is 7.50. The van der Waals surface area contributed by atoms with Gasteiger partial charge in [-0.05, 0) is 31.0 Å². The minimum absolute atomic E-state index is 0.366. The molecule has 1 aromatic carbocycles. The number of carbonyl (C=O) groups is 1. The Balaban J connectivity index is 2.95. The zero-order valence-corrected chi connectivity index (χ0v) is 11.5. The maximum atomic E-state index is 11.8. The highest BCUT2D eigenvalue weighted by Gasteiger charge is 2.23. The molecule has 0 aromatic heterocycles. The first-order chi connectivity index (χ1) is 8.25. The van der Waals surface area contributed by atoms with E-state index in [4.69, 9.17) is 5.73 Å². The summed E-state index contributed by atoms with van der Waals surface area (Å²) in [5.74, 6) is -0.533. The summed E-state index contributed by atoms with van der Waals surface area (Å²) >= 11 is 0. The van der Waals surface area contributed by atoms with Crippen LogP contribution < -0.4 is 11.1 Å². The number of hydrogen-bond acceptors (Lipinski definition) is 4. The van der Waals surface area contributed by atoms with E-state index in [0.717, 1.165) is 17.4 Å². The van der Waals surface area contributed by atoms with Crippen molar-refractivity contribution in [3.8, 4) is 0 Å². The van der Waals surface area contributed by atoms with Gasteiger partial charge in [-0.1, -0.05) is 12.1 Å². The number of benzene rings is 1. The number of aryl methyl sites for hydroxylation is 1. The van der Waals surface area contributed by atoms with Gasteiger partial charge in [-0.25, -0.2) is 8.42 Å². The lowest BCUT2D eigenvalue weighted by Crippen LogP contribution is -2.32. The summed E-state index contributed by atoms with van der Waals surface area (Å²) in [7, 11) is -3.39. The number of anilines is 1.